The van der Waals surface area contributed by atoms with Gasteiger partial charge in [-0.1, -0.05) is 226 Å². The molecule has 90 heavy (non-hydrogen) atoms. The Labute approximate surface area is 519 Å². The Hall–Kier alpha value is -11.8. The predicted octanol–water partition coefficient (Wildman–Crippen LogP) is 21.3. The first-order chi connectivity index (χ1) is 44.3. The molecule has 422 valence electrons. The average molecular weight is 1150 g/mol. The molecule has 18 rings (SSSR count). The van der Waals surface area contributed by atoms with E-state index in [1.807, 2.05) is 18.3 Å². The number of hydrogen-bond acceptors (Lipinski definition) is 5. The molecular formula is C83H54N6O. The van der Waals surface area contributed by atoms with Crippen molar-refractivity contribution in [2.24, 2.45) is 0 Å². The molecule has 1 aliphatic carbocycles. The topological polar surface area (TPSA) is 74.6 Å². The van der Waals surface area contributed by atoms with Gasteiger partial charge in [-0.3, -0.25) is 9.13 Å². The molecule has 0 fully saturated rings. The molecule has 1 aliphatic rings. The molecule has 0 atom stereocenters. The van der Waals surface area contributed by atoms with E-state index in [9.17, 15) is 0 Å². The van der Waals surface area contributed by atoms with Gasteiger partial charge in [0.2, 0.25) is 11.9 Å². The quantitative estimate of drug-likeness (QED) is 0.144. The second kappa shape index (κ2) is 20.1. The number of nitrogens with zero attached hydrogens (tertiary/aromatic N) is 6. The van der Waals surface area contributed by atoms with Gasteiger partial charge in [-0.05, 0) is 133 Å². The van der Waals surface area contributed by atoms with Crippen LogP contribution in [0.3, 0.4) is 0 Å². The number of aromatic nitrogens is 6. The van der Waals surface area contributed by atoms with Crippen molar-refractivity contribution in [1.82, 2.24) is 29.1 Å². The first-order valence-corrected chi connectivity index (χ1v) is 30.7. The van der Waals surface area contributed by atoms with E-state index in [4.69, 9.17) is 24.4 Å². The van der Waals surface area contributed by atoms with Crippen molar-refractivity contribution in [2.45, 2.75) is 19.3 Å². The van der Waals surface area contributed by atoms with Crippen LogP contribution in [0.4, 0.5) is 0 Å². The van der Waals surface area contributed by atoms with Crippen LogP contribution >= 0.6 is 0 Å². The Balaban J connectivity index is 0.775. The van der Waals surface area contributed by atoms with E-state index in [1.165, 1.54) is 49.9 Å². The van der Waals surface area contributed by atoms with E-state index in [2.05, 4.69) is 296 Å². The van der Waals surface area contributed by atoms with Crippen LogP contribution in [-0.2, 0) is 5.41 Å². The molecule has 0 spiro atoms. The van der Waals surface area contributed by atoms with Crippen molar-refractivity contribution >= 4 is 65.6 Å². The van der Waals surface area contributed by atoms with Crippen LogP contribution in [0, 0.1) is 0 Å². The molecule has 7 nitrogen and oxygen atoms in total. The third kappa shape index (κ3) is 8.20. The summed E-state index contributed by atoms with van der Waals surface area (Å²) in [4.78, 5) is 21.5. The average Bonchev–Trinajstić information content (AvgIpc) is 1.57. The van der Waals surface area contributed by atoms with Crippen LogP contribution in [0.2, 0.25) is 0 Å². The van der Waals surface area contributed by atoms with Gasteiger partial charge in [-0.2, -0.15) is 0 Å². The smallest absolute Gasteiger partial charge is 0.235 e. The summed E-state index contributed by atoms with van der Waals surface area (Å²) in [6.07, 6.45) is 1.87. The molecule has 12 aromatic carbocycles. The maximum absolute atomic E-state index is 6.87. The summed E-state index contributed by atoms with van der Waals surface area (Å²) in [5, 5.41) is 6.48. The third-order valence-corrected chi connectivity index (χ3v) is 18.7. The minimum Gasteiger partial charge on any atom is -0.456 e. The van der Waals surface area contributed by atoms with Gasteiger partial charge >= 0.3 is 0 Å². The summed E-state index contributed by atoms with van der Waals surface area (Å²) in [6.45, 7) is 4.68. The van der Waals surface area contributed by atoms with Crippen LogP contribution in [0.5, 0.6) is 0 Å². The highest BCUT2D eigenvalue weighted by molar-refractivity contribution is 6.18. The maximum Gasteiger partial charge on any atom is 0.235 e. The molecule has 17 aromatic rings. The summed E-state index contributed by atoms with van der Waals surface area (Å²) in [5.41, 5.74) is 25.3. The second-order valence-corrected chi connectivity index (χ2v) is 24.2. The predicted molar refractivity (Wildman–Crippen MR) is 369 cm³/mol. The van der Waals surface area contributed by atoms with Crippen LogP contribution in [0.25, 0.3) is 167 Å². The molecular weight excluding hydrogens is 1100 g/mol. The van der Waals surface area contributed by atoms with Gasteiger partial charge < -0.3 is 4.42 Å². The summed E-state index contributed by atoms with van der Waals surface area (Å²) >= 11 is 0. The lowest BCUT2D eigenvalue weighted by atomic mass is 9.82. The number of fused-ring (bicyclic) bond motifs is 12. The number of para-hydroxylation sites is 2. The zero-order valence-electron chi connectivity index (χ0n) is 49.3. The first kappa shape index (κ1) is 51.4. The number of benzene rings is 12. The van der Waals surface area contributed by atoms with Crippen LogP contribution in [-0.4, -0.2) is 29.1 Å². The minimum absolute atomic E-state index is 0.204. The molecule has 0 amide bonds. The van der Waals surface area contributed by atoms with Gasteiger partial charge in [0.05, 0.1) is 39.1 Å². The van der Waals surface area contributed by atoms with Crippen molar-refractivity contribution in [3.8, 4) is 101 Å². The zero-order valence-corrected chi connectivity index (χ0v) is 49.3. The van der Waals surface area contributed by atoms with Crippen LogP contribution in [0.15, 0.2) is 296 Å². The standard InChI is InChI=1S/C83H54N6O/c1-83(2)70-29-14-11-25-61(70)65-46-66-63-27-13-16-31-76(63)89(77(66)48-71(65)83)82-86-73(56-38-34-54(35-39-56)58-23-17-22-57(44-58)52-20-7-4-8-21-52)49-74(87-82)59-40-41-79-68(45-59)69-47-67-64-28-12-15-30-75(64)88(78(67)50-80(69)90-79)81-84-43-42-72(85-81)62-26-10-9-24-60(62)55-36-32-53(33-37-55)51-18-5-3-6-19-51/h3-50H,1-2H3. The van der Waals surface area contributed by atoms with Gasteiger partial charge in [-0.15, -0.1) is 0 Å². The Bertz CT molecular complexity index is 5740. The Morgan fingerprint density at radius 2 is 0.789 bits per heavy atom. The number of furan rings is 1. The van der Waals surface area contributed by atoms with Crippen molar-refractivity contribution in [3.63, 3.8) is 0 Å². The van der Waals surface area contributed by atoms with Gasteiger partial charge in [0, 0.05) is 66.7 Å². The van der Waals surface area contributed by atoms with E-state index < -0.39 is 0 Å². The highest BCUT2D eigenvalue weighted by Gasteiger charge is 2.36. The lowest BCUT2D eigenvalue weighted by Crippen LogP contribution is -2.15. The molecule has 0 radical (unpaired) electrons. The van der Waals surface area contributed by atoms with E-state index in [-0.39, 0.29) is 5.41 Å². The van der Waals surface area contributed by atoms with Crippen LogP contribution < -0.4 is 0 Å². The fourth-order valence-electron chi connectivity index (χ4n) is 14.2. The first-order valence-electron chi connectivity index (χ1n) is 30.7. The fourth-order valence-corrected chi connectivity index (χ4v) is 14.2. The molecule has 7 heteroatoms. The Morgan fingerprint density at radius 1 is 0.278 bits per heavy atom. The monoisotopic (exact) mass is 1150 g/mol. The fraction of sp³-hybridized carbons (Fsp3) is 0.0361. The summed E-state index contributed by atoms with van der Waals surface area (Å²) in [7, 11) is 0. The van der Waals surface area contributed by atoms with Gasteiger partial charge in [0.1, 0.15) is 11.2 Å². The summed E-state index contributed by atoms with van der Waals surface area (Å²) in [6, 6.07) is 102. The van der Waals surface area contributed by atoms with Crippen molar-refractivity contribution in [2.75, 3.05) is 0 Å². The molecule has 5 heterocycles. The normalized spacial score (nSPS) is 12.6. The molecule has 0 N–H and O–H groups in total. The third-order valence-electron chi connectivity index (χ3n) is 18.7. The molecule has 0 saturated heterocycles. The Morgan fingerprint density at radius 3 is 1.51 bits per heavy atom. The molecule has 0 bridgehead atoms. The van der Waals surface area contributed by atoms with Crippen molar-refractivity contribution < 1.29 is 4.42 Å². The largest absolute Gasteiger partial charge is 0.456 e. The molecule has 5 aromatic heterocycles. The second-order valence-electron chi connectivity index (χ2n) is 24.2. The lowest BCUT2D eigenvalue weighted by molar-refractivity contribution is 0.661. The molecule has 0 aliphatic heterocycles. The van der Waals surface area contributed by atoms with E-state index >= 15 is 0 Å². The van der Waals surface area contributed by atoms with Gasteiger partial charge in [0.25, 0.3) is 0 Å². The molecule has 0 unspecified atom stereocenters. The lowest BCUT2D eigenvalue weighted by Gasteiger charge is -2.21. The summed E-state index contributed by atoms with van der Waals surface area (Å²) < 4.78 is 11.3. The molecule has 0 saturated carbocycles. The van der Waals surface area contributed by atoms with E-state index in [0.29, 0.717) is 11.9 Å². The van der Waals surface area contributed by atoms with Crippen molar-refractivity contribution in [1.29, 1.82) is 0 Å². The van der Waals surface area contributed by atoms with Crippen LogP contribution in [0.1, 0.15) is 25.0 Å². The highest BCUT2D eigenvalue weighted by atomic mass is 16.3. The van der Waals surface area contributed by atoms with E-state index in [1.54, 1.807) is 0 Å². The van der Waals surface area contributed by atoms with E-state index in [0.717, 1.165) is 116 Å². The zero-order chi connectivity index (χ0) is 59.6. The highest BCUT2D eigenvalue weighted by Crippen LogP contribution is 2.51. The SMILES string of the molecule is CC1(C)c2ccccc2-c2cc3c4ccccc4n(-c4nc(-c5ccc(-c6cccc(-c7ccccc7)c6)cc5)cc(-c5ccc6oc7cc8c(cc7c6c5)c5ccccc5n8-c5nccc(-c6ccccc6-c6ccc(-c7ccccc7)cc6)n5)n4)c3cc21. The van der Waals surface area contributed by atoms with Gasteiger partial charge in [0.15, 0.2) is 0 Å². The minimum atomic E-state index is -0.204. The Kier molecular flexibility index (Phi) is 11.5. The number of rotatable bonds is 9. The van der Waals surface area contributed by atoms with Gasteiger partial charge in [-0.25, -0.2) is 19.9 Å². The van der Waals surface area contributed by atoms with Crippen molar-refractivity contribution in [3.05, 3.63) is 302 Å². The maximum atomic E-state index is 6.87. The number of hydrogen-bond donors (Lipinski definition) is 0. The summed E-state index contributed by atoms with van der Waals surface area (Å²) in [5.74, 6) is 1.18.